The predicted molar refractivity (Wildman–Crippen MR) is 56.3 cm³/mol. The molecule has 1 aromatic heterocycles. The maximum atomic E-state index is 11.1. The molecule has 0 aliphatic heterocycles. The average molecular weight is 191 g/mol. The Morgan fingerprint density at radius 2 is 2.21 bits per heavy atom. The minimum Gasteiger partial charge on any atom is -0.328 e. The lowest BCUT2D eigenvalue weighted by Gasteiger charge is -2.05. The summed E-state index contributed by atoms with van der Waals surface area (Å²) in [7, 11) is 0. The zero-order valence-electron chi connectivity index (χ0n) is 8.00. The van der Waals surface area contributed by atoms with Crippen molar-refractivity contribution in [1.82, 2.24) is 9.97 Å². The molecule has 1 heterocycles. The molecule has 0 aliphatic rings. The first-order chi connectivity index (χ1) is 6.66. The lowest BCUT2D eigenvalue weighted by molar-refractivity contribution is 0.741. The number of H-pyrrole nitrogens is 2. The van der Waals surface area contributed by atoms with E-state index in [9.17, 15) is 4.79 Å². The fraction of sp³-hybridized carbons (Fsp3) is 0.300. The van der Waals surface area contributed by atoms with Crippen molar-refractivity contribution in [3.05, 3.63) is 34.2 Å². The molecule has 2 rings (SSSR count). The maximum Gasteiger partial charge on any atom is 0.323 e. The third-order valence-corrected chi connectivity index (χ3v) is 2.18. The largest absolute Gasteiger partial charge is 0.328 e. The van der Waals surface area contributed by atoms with Crippen LogP contribution in [-0.2, 0) is 6.42 Å². The van der Waals surface area contributed by atoms with Crippen LogP contribution in [0.15, 0.2) is 23.0 Å². The molecule has 4 heteroatoms. The van der Waals surface area contributed by atoms with Crippen LogP contribution in [0.3, 0.4) is 0 Å². The van der Waals surface area contributed by atoms with Crippen LogP contribution < -0.4 is 11.4 Å². The van der Waals surface area contributed by atoms with E-state index in [1.807, 2.05) is 25.1 Å². The number of imidazole rings is 1. The summed E-state index contributed by atoms with van der Waals surface area (Å²) in [5, 5.41) is 0. The zero-order chi connectivity index (χ0) is 10.1. The Bertz CT molecular complexity index is 495. The van der Waals surface area contributed by atoms with Crippen molar-refractivity contribution < 1.29 is 0 Å². The lowest BCUT2D eigenvalue weighted by atomic mass is 10.1. The number of para-hydroxylation sites is 1. The Hall–Kier alpha value is -1.55. The van der Waals surface area contributed by atoms with Crippen molar-refractivity contribution in [2.45, 2.75) is 19.4 Å². The van der Waals surface area contributed by atoms with Crippen LogP contribution >= 0.6 is 0 Å². The highest BCUT2D eigenvalue weighted by Gasteiger charge is 2.05. The van der Waals surface area contributed by atoms with Gasteiger partial charge in [-0.15, -0.1) is 0 Å². The van der Waals surface area contributed by atoms with Crippen molar-refractivity contribution in [2.75, 3.05) is 0 Å². The summed E-state index contributed by atoms with van der Waals surface area (Å²) in [6.07, 6.45) is 0.769. The fourth-order valence-electron chi connectivity index (χ4n) is 1.64. The molecule has 4 N–H and O–H groups in total. The highest BCUT2D eigenvalue weighted by molar-refractivity contribution is 5.78. The molecule has 1 unspecified atom stereocenters. The number of hydrogen-bond donors (Lipinski definition) is 3. The van der Waals surface area contributed by atoms with Gasteiger partial charge in [-0.05, 0) is 25.0 Å². The molecular formula is C10H13N3O. The smallest absolute Gasteiger partial charge is 0.323 e. The van der Waals surface area contributed by atoms with Gasteiger partial charge in [0.2, 0.25) is 0 Å². The molecule has 0 spiro atoms. The van der Waals surface area contributed by atoms with E-state index in [4.69, 9.17) is 5.73 Å². The molecule has 0 bridgehead atoms. The maximum absolute atomic E-state index is 11.1. The van der Waals surface area contributed by atoms with E-state index >= 15 is 0 Å². The van der Waals surface area contributed by atoms with Gasteiger partial charge in [-0.3, -0.25) is 0 Å². The van der Waals surface area contributed by atoms with Crippen LogP contribution in [0.4, 0.5) is 0 Å². The summed E-state index contributed by atoms with van der Waals surface area (Å²) >= 11 is 0. The Morgan fingerprint density at radius 1 is 1.43 bits per heavy atom. The van der Waals surface area contributed by atoms with Crippen molar-refractivity contribution in [3.63, 3.8) is 0 Å². The Kier molecular flexibility index (Phi) is 2.13. The normalized spacial score (nSPS) is 13.3. The molecule has 0 saturated carbocycles. The molecular weight excluding hydrogens is 178 g/mol. The van der Waals surface area contributed by atoms with E-state index < -0.39 is 0 Å². The van der Waals surface area contributed by atoms with Gasteiger partial charge in [0, 0.05) is 6.04 Å². The van der Waals surface area contributed by atoms with Crippen LogP contribution in [0.2, 0.25) is 0 Å². The number of fused-ring (bicyclic) bond motifs is 1. The predicted octanol–water partition coefficient (Wildman–Crippen LogP) is 0.746. The van der Waals surface area contributed by atoms with Crippen LogP contribution in [0, 0.1) is 0 Å². The SMILES string of the molecule is CC(N)Cc1cccc2[nH]c(=O)[nH]c12. The second kappa shape index (κ2) is 3.31. The molecule has 0 radical (unpaired) electrons. The Morgan fingerprint density at radius 3 is 2.93 bits per heavy atom. The quantitative estimate of drug-likeness (QED) is 0.655. The number of hydrogen-bond acceptors (Lipinski definition) is 2. The van der Waals surface area contributed by atoms with Gasteiger partial charge in [-0.2, -0.15) is 0 Å². The second-order valence-corrected chi connectivity index (χ2v) is 3.60. The Balaban J connectivity index is 2.58. The van der Waals surface area contributed by atoms with Gasteiger partial charge in [0.15, 0.2) is 0 Å². The summed E-state index contributed by atoms with van der Waals surface area (Å²) in [5.74, 6) is 0. The summed E-state index contributed by atoms with van der Waals surface area (Å²) in [4.78, 5) is 16.6. The minimum atomic E-state index is -0.169. The first kappa shape index (κ1) is 9.02. The van der Waals surface area contributed by atoms with Gasteiger partial charge in [-0.1, -0.05) is 12.1 Å². The van der Waals surface area contributed by atoms with Crippen molar-refractivity contribution in [2.24, 2.45) is 5.73 Å². The molecule has 2 aromatic rings. The molecule has 1 aromatic carbocycles. The summed E-state index contributed by atoms with van der Waals surface area (Å²) < 4.78 is 0. The van der Waals surface area contributed by atoms with Gasteiger partial charge < -0.3 is 15.7 Å². The molecule has 74 valence electrons. The number of rotatable bonds is 2. The van der Waals surface area contributed by atoms with Crippen LogP contribution in [0.5, 0.6) is 0 Å². The highest BCUT2D eigenvalue weighted by Crippen LogP contribution is 2.14. The topological polar surface area (TPSA) is 74.7 Å². The molecule has 0 amide bonds. The summed E-state index contributed by atoms with van der Waals surface area (Å²) in [5.41, 5.74) is 8.34. The first-order valence-corrected chi connectivity index (χ1v) is 4.62. The van der Waals surface area contributed by atoms with Gasteiger partial charge in [0.25, 0.3) is 0 Å². The van der Waals surface area contributed by atoms with Gasteiger partial charge >= 0.3 is 5.69 Å². The van der Waals surface area contributed by atoms with Gasteiger partial charge in [-0.25, -0.2) is 4.79 Å². The lowest BCUT2D eigenvalue weighted by Crippen LogP contribution is -2.17. The fourth-order valence-corrected chi connectivity index (χ4v) is 1.64. The van der Waals surface area contributed by atoms with Gasteiger partial charge in [0.1, 0.15) is 0 Å². The van der Waals surface area contributed by atoms with Crippen molar-refractivity contribution in [3.8, 4) is 0 Å². The number of benzene rings is 1. The number of aromatic amines is 2. The van der Waals surface area contributed by atoms with Crippen molar-refractivity contribution >= 4 is 11.0 Å². The molecule has 1 atom stereocenters. The molecule has 4 nitrogen and oxygen atoms in total. The van der Waals surface area contributed by atoms with E-state index in [0.717, 1.165) is 23.0 Å². The summed E-state index contributed by atoms with van der Waals surface area (Å²) in [6.45, 7) is 1.95. The third-order valence-electron chi connectivity index (χ3n) is 2.18. The molecule has 14 heavy (non-hydrogen) atoms. The molecule has 0 saturated heterocycles. The number of nitrogens with two attached hydrogens (primary N) is 1. The average Bonchev–Trinajstić information content (AvgIpc) is 2.45. The van der Waals surface area contributed by atoms with E-state index in [1.54, 1.807) is 0 Å². The van der Waals surface area contributed by atoms with Gasteiger partial charge in [0.05, 0.1) is 11.0 Å². The second-order valence-electron chi connectivity index (χ2n) is 3.60. The standard InChI is InChI=1S/C10H13N3O/c1-6(11)5-7-3-2-4-8-9(7)13-10(14)12-8/h2-4,6H,5,11H2,1H3,(H2,12,13,14). The summed E-state index contributed by atoms with van der Waals surface area (Å²) in [6, 6.07) is 5.87. The van der Waals surface area contributed by atoms with E-state index in [0.29, 0.717) is 0 Å². The first-order valence-electron chi connectivity index (χ1n) is 4.62. The Labute approximate surface area is 81.1 Å². The van der Waals surface area contributed by atoms with E-state index in [-0.39, 0.29) is 11.7 Å². The monoisotopic (exact) mass is 191 g/mol. The number of aromatic nitrogens is 2. The molecule has 0 fully saturated rings. The van der Waals surface area contributed by atoms with Crippen molar-refractivity contribution in [1.29, 1.82) is 0 Å². The highest BCUT2D eigenvalue weighted by atomic mass is 16.1. The van der Waals surface area contributed by atoms with E-state index in [1.165, 1.54) is 0 Å². The molecule has 0 aliphatic carbocycles. The number of nitrogens with one attached hydrogen (secondary N) is 2. The van der Waals surface area contributed by atoms with Crippen LogP contribution in [0.1, 0.15) is 12.5 Å². The third kappa shape index (κ3) is 1.56. The zero-order valence-corrected chi connectivity index (χ0v) is 8.00. The van der Waals surface area contributed by atoms with Crippen LogP contribution in [0.25, 0.3) is 11.0 Å². The van der Waals surface area contributed by atoms with E-state index in [2.05, 4.69) is 9.97 Å². The minimum absolute atomic E-state index is 0.0963. The van der Waals surface area contributed by atoms with Crippen LogP contribution in [-0.4, -0.2) is 16.0 Å².